The molecule has 3 rings (SSSR count). The molecule has 1 amide bonds. The molecule has 7 nitrogen and oxygen atoms in total. The number of amides is 1. The average Bonchev–Trinajstić information content (AvgIpc) is 3.30. The largest absolute Gasteiger partial charge is 0.496 e. The third kappa shape index (κ3) is 6.32. The third-order valence-corrected chi connectivity index (χ3v) is 5.31. The molecule has 174 valence electrons. The van der Waals surface area contributed by atoms with Gasteiger partial charge in [0.1, 0.15) is 24.3 Å². The maximum atomic E-state index is 13.1. The Balaban J connectivity index is 1.82. The maximum absolute atomic E-state index is 13.1. The summed E-state index contributed by atoms with van der Waals surface area (Å²) in [5.41, 5.74) is 2.18. The third-order valence-electron chi connectivity index (χ3n) is 4.99. The molecule has 0 saturated carbocycles. The van der Waals surface area contributed by atoms with Gasteiger partial charge in [-0.2, -0.15) is 0 Å². The number of amidine groups is 1. The van der Waals surface area contributed by atoms with Gasteiger partial charge in [-0.25, -0.2) is 9.37 Å². The summed E-state index contributed by atoms with van der Waals surface area (Å²) >= 11 is 6.26. The van der Waals surface area contributed by atoms with Crippen molar-refractivity contribution in [2.24, 2.45) is 0 Å². The number of aromatic nitrogens is 1. The minimum Gasteiger partial charge on any atom is -0.496 e. The Kier molecular flexibility index (Phi) is 8.43. The summed E-state index contributed by atoms with van der Waals surface area (Å²) in [6, 6.07) is 12.2. The average molecular weight is 473 g/mol. The fourth-order valence-corrected chi connectivity index (χ4v) is 3.61. The Bertz CT molecular complexity index is 1120. The van der Waals surface area contributed by atoms with Crippen molar-refractivity contribution in [2.75, 3.05) is 20.3 Å². The van der Waals surface area contributed by atoms with Crippen molar-refractivity contribution in [3.05, 3.63) is 70.7 Å². The van der Waals surface area contributed by atoms with Gasteiger partial charge < -0.3 is 19.8 Å². The molecular weight excluding hydrogens is 447 g/mol. The highest BCUT2D eigenvalue weighted by Crippen LogP contribution is 2.29. The van der Waals surface area contributed by atoms with E-state index in [4.69, 9.17) is 26.2 Å². The summed E-state index contributed by atoms with van der Waals surface area (Å²) < 4.78 is 23.8. The quantitative estimate of drug-likeness (QED) is 0.216. The number of carbonyl (C=O) groups is 1. The zero-order valence-electron chi connectivity index (χ0n) is 18.5. The number of nitrogens with one attached hydrogen (secondary N) is 3. The lowest BCUT2D eigenvalue weighted by Crippen LogP contribution is -2.31. The van der Waals surface area contributed by atoms with E-state index in [0.29, 0.717) is 36.8 Å². The van der Waals surface area contributed by atoms with Crippen LogP contribution in [0.3, 0.4) is 0 Å². The van der Waals surface area contributed by atoms with Gasteiger partial charge in [-0.3, -0.25) is 10.2 Å². The summed E-state index contributed by atoms with van der Waals surface area (Å²) in [4.78, 5) is 17.5. The molecule has 1 unspecified atom stereocenters. The summed E-state index contributed by atoms with van der Waals surface area (Å²) in [5, 5.41) is 13.3. The van der Waals surface area contributed by atoms with Crippen molar-refractivity contribution in [3.63, 3.8) is 0 Å². The molecular formula is C24H26ClFN4O3. The van der Waals surface area contributed by atoms with Gasteiger partial charge in [0.05, 0.1) is 23.9 Å². The SMILES string of the molecule is COc1cccc(Cl)c1C(=O)NC(CCCNC(=N)CF)c1ncc(-c2cccc(C)c2)o1. The van der Waals surface area contributed by atoms with E-state index in [1.807, 2.05) is 31.2 Å². The number of rotatable bonds is 10. The van der Waals surface area contributed by atoms with Crippen LogP contribution >= 0.6 is 11.6 Å². The van der Waals surface area contributed by atoms with E-state index in [-0.39, 0.29) is 16.4 Å². The molecule has 0 fully saturated rings. The van der Waals surface area contributed by atoms with E-state index in [2.05, 4.69) is 15.6 Å². The van der Waals surface area contributed by atoms with Crippen LogP contribution in [0.1, 0.15) is 40.7 Å². The van der Waals surface area contributed by atoms with Crippen molar-refractivity contribution in [1.82, 2.24) is 15.6 Å². The van der Waals surface area contributed by atoms with Gasteiger partial charge in [-0.1, -0.05) is 41.4 Å². The van der Waals surface area contributed by atoms with Crippen LogP contribution in [0.25, 0.3) is 11.3 Å². The van der Waals surface area contributed by atoms with Crippen LogP contribution in [0.4, 0.5) is 4.39 Å². The first kappa shape index (κ1) is 24.3. The molecule has 1 heterocycles. The highest BCUT2D eigenvalue weighted by molar-refractivity contribution is 6.34. The number of oxazole rings is 1. The number of ether oxygens (including phenoxy) is 1. The molecule has 1 atom stereocenters. The number of hydrogen-bond donors (Lipinski definition) is 3. The summed E-state index contributed by atoms with van der Waals surface area (Å²) in [5.74, 6) is 0.660. The van der Waals surface area contributed by atoms with E-state index in [0.717, 1.165) is 11.1 Å². The second kappa shape index (κ2) is 11.5. The second-order valence-corrected chi connectivity index (χ2v) is 7.86. The minimum atomic E-state index is -0.855. The lowest BCUT2D eigenvalue weighted by atomic mass is 10.1. The lowest BCUT2D eigenvalue weighted by Gasteiger charge is -2.18. The number of carbonyl (C=O) groups excluding carboxylic acids is 1. The zero-order valence-corrected chi connectivity index (χ0v) is 19.2. The van der Waals surface area contributed by atoms with Gasteiger partial charge in [0.2, 0.25) is 5.89 Å². The Labute approximate surface area is 196 Å². The van der Waals surface area contributed by atoms with E-state index >= 15 is 0 Å². The lowest BCUT2D eigenvalue weighted by molar-refractivity contribution is 0.0924. The second-order valence-electron chi connectivity index (χ2n) is 7.46. The fraction of sp³-hybridized carbons (Fsp3) is 0.292. The summed E-state index contributed by atoms with van der Waals surface area (Å²) in [7, 11) is 1.47. The molecule has 0 radical (unpaired) electrons. The molecule has 3 aromatic rings. The number of alkyl halides is 1. The van der Waals surface area contributed by atoms with Crippen molar-refractivity contribution in [3.8, 4) is 17.1 Å². The molecule has 0 spiro atoms. The molecule has 0 aliphatic heterocycles. The van der Waals surface area contributed by atoms with Crippen molar-refractivity contribution < 1.29 is 18.3 Å². The summed E-state index contributed by atoms with van der Waals surface area (Å²) in [6.07, 6.45) is 2.60. The highest BCUT2D eigenvalue weighted by Gasteiger charge is 2.24. The van der Waals surface area contributed by atoms with E-state index < -0.39 is 18.6 Å². The number of halogens is 2. The molecule has 9 heteroatoms. The maximum Gasteiger partial charge on any atom is 0.257 e. The molecule has 0 aliphatic carbocycles. The smallest absolute Gasteiger partial charge is 0.257 e. The monoisotopic (exact) mass is 472 g/mol. The molecule has 1 aromatic heterocycles. The Morgan fingerprint density at radius 2 is 2.09 bits per heavy atom. The number of nitrogens with zero attached hydrogens (tertiary/aromatic N) is 1. The summed E-state index contributed by atoms with van der Waals surface area (Å²) in [6.45, 7) is 1.50. The topological polar surface area (TPSA) is 100 Å². The van der Waals surface area contributed by atoms with Crippen LogP contribution < -0.4 is 15.4 Å². The minimum absolute atomic E-state index is 0.186. The van der Waals surface area contributed by atoms with Crippen LogP contribution in [-0.2, 0) is 0 Å². The van der Waals surface area contributed by atoms with Gasteiger partial charge in [0.25, 0.3) is 5.91 Å². The van der Waals surface area contributed by atoms with Crippen molar-refractivity contribution >= 4 is 23.3 Å². The standard InChI is InChI=1S/C24H26ClFN4O3/c1-15-6-3-7-16(12-15)20-14-29-24(33-20)18(9-5-11-28-21(27)13-26)30-23(31)22-17(25)8-4-10-19(22)32-2/h3-4,6-8,10,12,14,18H,5,9,11,13H2,1-2H3,(H2,27,28)(H,30,31). The molecule has 2 aromatic carbocycles. The van der Waals surface area contributed by atoms with Crippen LogP contribution in [0.15, 0.2) is 53.1 Å². The van der Waals surface area contributed by atoms with Crippen molar-refractivity contribution in [1.29, 1.82) is 5.41 Å². The zero-order chi connectivity index (χ0) is 23.8. The molecule has 33 heavy (non-hydrogen) atoms. The van der Waals surface area contributed by atoms with Crippen LogP contribution in [0.5, 0.6) is 5.75 Å². The molecule has 0 bridgehead atoms. The molecule has 0 aliphatic rings. The highest BCUT2D eigenvalue weighted by atomic mass is 35.5. The first-order valence-electron chi connectivity index (χ1n) is 10.5. The normalized spacial score (nSPS) is 11.6. The van der Waals surface area contributed by atoms with E-state index in [1.165, 1.54) is 7.11 Å². The van der Waals surface area contributed by atoms with Gasteiger partial charge in [0, 0.05) is 12.1 Å². The van der Waals surface area contributed by atoms with Crippen LogP contribution in [0.2, 0.25) is 5.02 Å². The molecule has 0 saturated heterocycles. The number of methoxy groups -OCH3 is 1. The Hall–Kier alpha value is -3.39. The fourth-order valence-electron chi connectivity index (χ4n) is 3.36. The van der Waals surface area contributed by atoms with Crippen molar-refractivity contribution in [2.45, 2.75) is 25.8 Å². The van der Waals surface area contributed by atoms with E-state index in [9.17, 15) is 9.18 Å². The predicted molar refractivity (Wildman–Crippen MR) is 126 cm³/mol. The number of hydrogen-bond acceptors (Lipinski definition) is 5. The predicted octanol–water partition coefficient (Wildman–Crippen LogP) is 5.10. The van der Waals surface area contributed by atoms with Crippen LogP contribution in [0, 0.1) is 12.3 Å². The Morgan fingerprint density at radius 1 is 1.30 bits per heavy atom. The van der Waals surface area contributed by atoms with Gasteiger partial charge in [-0.05, 0) is 38.0 Å². The van der Waals surface area contributed by atoms with Crippen LogP contribution in [-0.4, -0.2) is 37.1 Å². The first-order valence-corrected chi connectivity index (χ1v) is 10.8. The van der Waals surface area contributed by atoms with Gasteiger partial charge in [-0.15, -0.1) is 0 Å². The number of aryl methyl sites for hydroxylation is 1. The van der Waals surface area contributed by atoms with Gasteiger partial charge in [0.15, 0.2) is 5.76 Å². The van der Waals surface area contributed by atoms with Gasteiger partial charge >= 0.3 is 0 Å². The Morgan fingerprint density at radius 3 is 2.82 bits per heavy atom. The number of benzene rings is 2. The van der Waals surface area contributed by atoms with E-state index in [1.54, 1.807) is 24.4 Å². The molecule has 3 N–H and O–H groups in total. The first-order chi connectivity index (χ1) is 15.9.